The molecule has 162 valence electrons. The zero-order chi connectivity index (χ0) is 21.8. The minimum Gasteiger partial charge on any atom is -0.439 e. The summed E-state index contributed by atoms with van der Waals surface area (Å²) >= 11 is 0. The van der Waals surface area contributed by atoms with Gasteiger partial charge in [0.1, 0.15) is 11.5 Å². The fourth-order valence-corrected chi connectivity index (χ4v) is 4.15. The Bertz CT molecular complexity index is 1080. The molecule has 0 amide bonds. The number of oxazole rings is 1. The maximum absolute atomic E-state index is 13.1. The van der Waals surface area contributed by atoms with Gasteiger partial charge in [-0.25, -0.2) is 9.37 Å². The lowest BCUT2D eigenvalue weighted by Gasteiger charge is -2.34. The van der Waals surface area contributed by atoms with Gasteiger partial charge in [0, 0.05) is 43.9 Å². The van der Waals surface area contributed by atoms with E-state index in [1.807, 2.05) is 48.5 Å². The first-order chi connectivity index (χ1) is 15.7. The maximum atomic E-state index is 13.1. The molecule has 4 aromatic rings. The van der Waals surface area contributed by atoms with E-state index >= 15 is 0 Å². The van der Waals surface area contributed by atoms with Crippen LogP contribution >= 0.6 is 0 Å². The quantitative estimate of drug-likeness (QED) is 0.409. The van der Waals surface area contributed by atoms with Crippen molar-refractivity contribution in [2.75, 3.05) is 26.2 Å². The third-order valence-electron chi connectivity index (χ3n) is 5.90. The number of rotatable bonds is 6. The van der Waals surface area contributed by atoms with Gasteiger partial charge < -0.3 is 4.42 Å². The Morgan fingerprint density at radius 1 is 0.688 bits per heavy atom. The van der Waals surface area contributed by atoms with Crippen LogP contribution in [-0.4, -0.2) is 41.0 Å². The van der Waals surface area contributed by atoms with Gasteiger partial charge in [0.2, 0.25) is 5.89 Å². The maximum Gasteiger partial charge on any atom is 0.209 e. The van der Waals surface area contributed by atoms with Crippen LogP contribution in [-0.2, 0) is 13.1 Å². The molecule has 0 spiro atoms. The van der Waals surface area contributed by atoms with Gasteiger partial charge >= 0.3 is 0 Å². The van der Waals surface area contributed by atoms with Crippen molar-refractivity contribution in [3.05, 3.63) is 102 Å². The smallest absolute Gasteiger partial charge is 0.209 e. The number of hydrogen-bond acceptors (Lipinski definition) is 4. The van der Waals surface area contributed by atoms with Crippen LogP contribution in [0.15, 0.2) is 89.3 Å². The normalized spacial score (nSPS) is 15.2. The first kappa shape index (κ1) is 20.6. The summed E-state index contributed by atoms with van der Waals surface area (Å²) in [4.78, 5) is 9.68. The molecule has 1 fully saturated rings. The van der Waals surface area contributed by atoms with Crippen molar-refractivity contribution >= 4 is 0 Å². The number of halogens is 1. The van der Waals surface area contributed by atoms with Crippen LogP contribution in [0, 0.1) is 5.82 Å². The minimum absolute atomic E-state index is 0.186. The summed E-state index contributed by atoms with van der Waals surface area (Å²) in [6.07, 6.45) is 0. The Hall–Kier alpha value is -3.28. The van der Waals surface area contributed by atoms with E-state index in [-0.39, 0.29) is 5.82 Å². The summed E-state index contributed by atoms with van der Waals surface area (Å²) in [5.74, 6) is 1.38. The van der Waals surface area contributed by atoms with E-state index in [9.17, 15) is 4.39 Å². The van der Waals surface area contributed by atoms with E-state index in [0.717, 1.165) is 66.8 Å². The molecule has 1 aliphatic heterocycles. The van der Waals surface area contributed by atoms with E-state index in [0.29, 0.717) is 6.54 Å². The second kappa shape index (κ2) is 9.47. The largest absolute Gasteiger partial charge is 0.439 e. The molecule has 3 aromatic carbocycles. The number of nitrogens with zero attached hydrogens (tertiary/aromatic N) is 3. The van der Waals surface area contributed by atoms with Gasteiger partial charge in [-0.15, -0.1) is 0 Å². The molecule has 2 heterocycles. The number of hydrogen-bond donors (Lipinski definition) is 0. The SMILES string of the molecule is Fc1ccc(CN2CCN(Cc3nc(-c4ccccc4)c(-c4ccccc4)o3)CC2)cc1. The lowest BCUT2D eigenvalue weighted by Crippen LogP contribution is -2.45. The third kappa shape index (κ3) is 4.79. The van der Waals surface area contributed by atoms with Crippen LogP contribution in [0.25, 0.3) is 22.6 Å². The zero-order valence-corrected chi connectivity index (χ0v) is 18.0. The number of benzene rings is 3. The fourth-order valence-electron chi connectivity index (χ4n) is 4.15. The molecule has 0 aliphatic carbocycles. The van der Waals surface area contributed by atoms with Crippen molar-refractivity contribution in [1.82, 2.24) is 14.8 Å². The molecule has 0 atom stereocenters. The van der Waals surface area contributed by atoms with Crippen LogP contribution in [0.4, 0.5) is 4.39 Å². The highest BCUT2D eigenvalue weighted by Crippen LogP contribution is 2.33. The van der Waals surface area contributed by atoms with Crippen LogP contribution in [0.3, 0.4) is 0 Å². The van der Waals surface area contributed by atoms with E-state index < -0.39 is 0 Å². The van der Waals surface area contributed by atoms with Crippen molar-refractivity contribution in [3.63, 3.8) is 0 Å². The predicted octanol–water partition coefficient (Wildman–Crippen LogP) is 5.47. The van der Waals surface area contributed by atoms with Crippen molar-refractivity contribution in [1.29, 1.82) is 0 Å². The molecule has 32 heavy (non-hydrogen) atoms. The molecule has 0 bridgehead atoms. The van der Waals surface area contributed by atoms with Crippen molar-refractivity contribution in [2.24, 2.45) is 0 Å². The summed E-state index contributed by atoms with van der Waals surface area (Å²) < 4.78 is 19.4. The van der Waals surface area contributed by atoms with Crippen LogP contribution in [0.1, 0.15) is 11.5 Å². The van der Waals surface area contributed by atoms with E-state index in [4.69, 9.17) is 9.40 Å². The molecule has 0 unspecified atom stereocenters. The van der Waals surface area contributed by atoms with Crippen LogP contribution < -0.4 is 0 Å². The molecule has 0 radical (unpaired) electrons. The Morgan fingerprint density at radius 2 is 1.25 bits per heavy atom. The second-order valence-corrected chi connectivity index (χ2v) is 8.20. The first-order valence-electron chi connectivity index (χ1n) is 11.0. The summed E-state index contributed by atoms with van der Waals surface area (Å²) in [7, 11) is 0. The van der Waals surface area contributed by atoms with Crippen molar-refractivity contribution < 1.29 is 8.81 Å². The first-order valence-corrected chi connectivity index (χ1v) is 11.0. The molecule has 1 aromatic heterocycles. The highest BCUT2D eigenvalue weighted by molar-refractivity contribution is 5.76. The molecule has 0 N–H and O–H groups in total. The summed E-state index contributed by atoms with van der Waals surface area (Å²) in [5, 5.41) is 0. The fraction of sp³-hybridized carbons (Fsp3) is 0.222. The van der Waals surface area contributed by atoms with Crippen LogP contribution in [0.2, 0.25) is 0 Å². The van der Waals surface area contributed by atoms with Gasteiger partial charge in [-0.1, -0.05) is 72.8 Å². The Kier molecular flexibility index (Phi) is 6.10. The predicted molar refractivity (Wildman–Crippen MR) is 124 cm³/mol. The monoisotopic (exact) mass is 427 g/mol. The van der Waals surface area contributed by atoms with Crippen LogP contribution in [0.5, 0.6) is 0 Å². The molecular weight excluding hydrogens is 401 g/mol. The van der Waals surface area contributed by atoms with E-state index in [2.05, 4.69) is 34.1 Å². The number of aromatic nitrogens is 1. The highest BCUT2D eigenvalue weighted by Gasteiger charge is 2.21. The molecule has 1 saturated heterocycles. The molecule has 4 nitrogen and oxygen atoms in total. The van der Waals surface area contributed by atoms with Gasteiger partial charge in [0.05, 0.1) is 6.54 Å². The van der Waals surface area contributed by atoms with Crippen molar-refractivity contribution in [3.8, 4) is 22.6 Å². The van der Waals surface area contributed by atoms with Gasteiger partial charge in [-0.2, -0.15) is 0 Å². The Labute approximate surface area is 187 Å². The molecule has 5 heteroatoms. The Morgan fingerprint density at radius 3 is 1.88 bits per heavy atom. The minimum atomic E-state index is -0.186. The van der Waals surface area contributed by atoms with Crippen molar-refractivity contribution in [2.45, 2.75) is 13.1 Å². The second-order valence-electron chi connectivity index (χ2n) is 8.20. The molecular formula is C27H26FN3O. The van der Waals surface area contributed by atoms with E-state index in [1.54, 1.807) is 0 Å². The average molecular weight is 428 g/mol. The zero-order valence-electron chi connectivity index (χ0n) is 18.0. The highest BCUT2D eigenvalue weighted by atomic mass is 19.1. The summed E-state index contributed by atoms with van der Waals surface area (Å²) in [6.45, 7) is 5.38. The molecule has 5 rings (SSSR count). The third-order valence-corrected chi connectivity index (χ3v) is 5.90. The topological polar surface area (TPSA) is 32.5 Å². The van der Waals surface area contributed by atoms with Gasteiger partial charge in [0.15, 0.2) is 5.76 Å². The summed E-state index contributed by atoms with van der Waals surface area (Å²) in [6, 6.07) is 27.2. The van der Waals surface area contributed by atoms with Gasteiger partial charge in [0.25, 0.3) is 0 Å². The Balaban J connectivity index is 1.28. The number of piperazine rings is 1. The summed E-state index contributed by atoms with van der Waals surface area (Å²) in [5.41, 5.74) is 4.13. The van der Waals surface area contributed by atoms with Gasteiger partial charge in [-0.05, 0) is 17.7 Å². The lowest BCUT2D eigenvalue weighted by atomic mass is 10.1. The average Bonchev–Trinajstić information content (AvgIpc) is 3.27. The van der Waals surface area contributed by atoms with Gasteiger partial charge in [-0.3, -0.25) is 9.80 Å². The lowest BCUT2D eigenvalue weighted by molar-refractivity contribution is 0.114. The molecule has 0 saturated carbocycles. The molecule has 1 aliphatic rings. The standard InChI is InChI=1S/C27H26FN3O/c28-24-13-11-21(12-14-24)19-30-15-17-31(18-16-30)20-25-29-26(22-7-3-1-4-8-22)27(32-25)23-9-5-2-6-10-23/h1-14H,15-20H2. The van der Waals surface area contributed by atoms with E-state index in [1.165, 1.54) is 12.1 Å².